The molecule has 0 aromatic carbocycles. The van der Waals surface area contributed by atoms with E-state index in [1.165, 1.54) is 0 Å². The Balaban J connectivity index is 1.77. The van der Waals surface area contributed by atoms with Gasteiger partial charge in [-0.2, -0.15) is 0 Å². The highest BCUT2D eigenvalue weighted by molar-refractivity contribution is 5.78. The Hall–Kier alpha value is -1.62. The first-order chi connectivity index (χ1) is 8.17. The first-order valence-electron chi connectivity index (χ1n) is 5.69. The minimum absolute atomic E-state index is 0.0390. The first-order valence-corrected chi connectivity index (χ1v) is 5.69. The summed E-state index contributed by atoms with van der Waals surface area (Å²) >= 11 is 0. The molecule has 1 saturated carbocycles. The number of carbonyl (C=O) groups excluding carboxylic acids is 2. The molecule has 0 radical (unpaired) electrons. The highest BCUT2D eigenvalue weighted by atomic mass is 16.3. The molecule has 0 aliphatic heterocycles. The maximum Gasteiger partial charge on any atom is 0.234 e. The van der Waals surface area contributed by atoms with Crippen molar-refractivity contribution in [3.8, 4) is 0 Å². The van der Waals surface area contributed by atoms with Gasteiger partial charge in [0.1, 0.15) is 5.76 Å². The molecule has 1 aliphatic rings. The van der Waals surface area contributed by atoms with Gasteiger partial charge in [0.15, 0.2) is 12.0 Å². The van der Waals surface area contributed by atoms with E-state index in [9.17, 15) is 9.59 Å². The SMILES string of the molecule is CN(CC(=O)NC1CC1)Cc1ccc(C=O)o1. The molecular formula is C12H16N2O3. The lowest BCUT2D eigenvalue weighted by Gasteiger charge is -2.14. The van der Waals surface area contributed by atoms with E-state index in [4.69, 9.17) is 4.42 Å². The molecule has 5 nitrogen and oxygen atoms in total. The first kappa shape index (κ1) is 11.9. The number of aldehydes is 1. The standard InChI is InChI=1S/C12H16N2O3/c1-14(7-12(16)13-9-2-3-9)6-10-4-5-11(8-15)17-10/h4-5,8-9H,2-3,6-7H2,1H3,(H,13,16). The summed E-state index contributed by atoms with van der Waals surface area (Å²) in [5.74, 6) is 1.04. The quantitative estimate of drug-likeness (QED) is 0.742. The minimum Gasteiger partial charge on any atom is -0.457 e. The predicted molar refractivity (Wildman–Crippen MR) is 61.6 cm³/mol. The summed E-state index contributed by atoms with van der Waals surface area (Å²) in [7, 11) is 1.84. The summed E-state index contributed by atoms with van der Waals surface area (Å²) in [5.41, 5.74) is 0. The molecule has 0 spiro atoms. The monoisotopic (exact) mass is 236 g/mol. The van der Waals surface area contributed by atoms with Gasteiger partial charge in [0.25, 0.3) is 0 Å². The number of rotatable bonds is 6. The molecule has 1 N–H and O–H groups in total. The van der Waals surface area contributed by atoms with Crippen LogP contribution in [0.5, 0.6) is 0 Å². The molecule has 0 unspecified atom stereocenters. The maximum atomic E-state index is 11.5. The third kappa shape index (κ3) is 3.71. The van der Waals surface area contributed by atoms with Crippen molar-refractivity contribution < 1.29 is 14.0 Å². The molecule has 5 heteroatoms. The van der Waals surface area contributed by atoms with E-state index in [1.807, 2.05) is 11.9 Å². The smallest absolute Gasteiger partial charge is 0.234 e. The molecule has 1 aliphatic carbocycles. The average molecular weight is 236 g/mol. The van der Waals surface area contributed by atoms with Crippen molar-refractivity contribution in [2.24, 2.45) is 0 Å². The molecule has 2 rings (SSSR count). The number of nitrogens with one attached hydrogen (secondary N) is 1. The van der Waals surface area contributed by atoms with Gasteiger partial charge in [0.2, 0.25) is 5.91 Å². The summed E-state index contributed by atoms with van der Waals surface area (Å²) in [6.07, 6.45) is 2.86. The molecule has 0 atom stereocenters. The zero-order chi connectivity index (χ0) is 12.3. The lowest BCUT2D eigenvalue weighted by molar-refractivity contribution is -0.122. The van der Waals surface area contributed by atoms with Crippen LogP contribution in [0.1, 0.15) is 29.2 Å². The average Bonchev–Trinajstić information content (AvgIpc) is 2.95. The van der Waals surface area contributed by atoms with Crippen LogP contribution in [0, 0.1) is 0 Å². The lowest BCUT2D eigenvalue weighted by Crippen LogP contribution is -2.35. The molecule has 1 aromatic rings. The fourth-order valence-electron chi connectivity index (χ4n) is 1.61. The highest BCUT2D eigenvalue weighted by Gasteiger charge is 2.23. The van der Waals surface area contributed by atoms with Crippen molar-refractivity contribution in [1.29, 1.82) is 0 Å². The van der Waals surface area contributed by atoms with E-state index in [0.717, 1.165) is 12.8 Å². The van der Waals surface area contributed by atoms with Crippen molar-refractivity contribution in [3.05, 3.63) is 23.7 Å². The summed E-state index contributed by atoms with van der Waals surface area (Å²) in [6.45, 7) is 0.861. The second-order valence-corrected chi connectivity index (χ2v) is 4.44. The van der Waals surface area contributed by atoms with Crippen molar-refractivity contribution >= 4 is 12.2 Å². The summed E-state index contributed by atoms with van der Waals surface area (Å²) < 4.78 is 5.24. The van der Waals surface area contributed by atoms with Crippen LogP contribution in [0.3, 0.4) is 0 Å². The largest absolute Gasteiger partial charge is 0.457 e. The summed E-state index contributed by atoms with van der Waals surface area (Å²) in [6, 6.07) is 3.76. The Morgan fingerprint density at radius 3 is 2.94 bits per heavy atom. The number of furan rings is 1. The van der Waals surface area contributed by atoms with E-state index in [0.29, 0.717) is 36.9 Å². The number of hydrogen-bond donors (Lipinski definition) is 1. The second-order valence-electron chi connectivity index (χ2n) is 4.44. The van der Waals surface area contributed by atoms with E-state index in [2.05, 4.69) is 5.32 Å². The molecule has 17 heavy (non-hydrogen) atoms. The molecule has 1 heterocycles. The van der Waals surface area contributed by atoms with Crippen molar-refractivity contribution in [2.75, 3.05) is 13.6 Å². The van der Waals surface area contributed by atoms with Gasteiger partial charge in [-0.05, 0) is 32.0 Å². The van der Waals surface area contributed by atoms with Crippen LogP contribution in [0.15, 0.2) is 16.5 Å². The molecule has 0 bridgehead atoms. The summed E-state index contributed by atoms with van der Waals surface area (Å²) in [4.78, 5) is 23.8. The van der Waals surface area contributed by atoms with Gasteiger partial charge >= 0.3 is 0 Å². The molecule has 92 valence electrons. The Kier molecular flexibility index (Phi) is 3.58. The van der Waals surface area contributed by atoms with Gasteiger partial charge < -0.3 is 9.73 Å². The number of amides is 1. The van der Waals surface area contributed by atoms with E-state index in [1.54, 1.807) is 12.1 Å². The van der Waals surface area contributed by atoms with Crippen LogP contribution in [0.2, 0.25) is 0 Å². The van der Waals surface area contributed by atoms with Gasteiger partial charge in [-0.25, -0.2) is 0 Å². The molecular weight excluding hydrogens is 220 g/mol. The van der Waals surface area contributed by atoms with Gasteiger partial charge in [-0.3, -0.25) is 14.5 Å². The third-order valence-electron chi connectivity index (χ3n) is 2.58. The van der Waals surface area contributed by atoms with E-state index < -0.39 is 0 Å². The Morgan fingerprint density at radius 1 is 1.59 bits per heavy atom. The second kappa shape index (κ2) is 5.14. The molecule has 0 saturated heterocycles. The minimum atomic E-state index is 0.0390. The highest BCUT2D eigenvalue weighted by Crippen LogP contribution is 2.18. The van der Waals surface area contributed by atoms with Crippen LogP contribution in [0.4, 0.5) is 0 Å². The Morgan fingerprint density at radius 2 is 2.35 bits per heavy atom. The maximum absolute atomic E-state index is 11.5. The van der Waals surface area contributed by atoms with E-state index in [-0.39, 0.29) is 5.91 Å². The number of hydrogen-bond acceptors (Lipinski definition) is 4. The van der Waals surface area contributed by atoms with E-state index >= 15 is 0 Å². The van der Waals surface area contributed by atoms with Crippen LogP contribution in [-0.4, -0.2) is 36.7 Å². The molecule has 1 amide bonds. The Bertz CT molecular complexity index is 410. The van der Waals surface area contributed by atoms with Crippen LogP contribution in [-0.2, 0) is 11.3 Å². The van der Waals surface area contributed by atoms with Crippen molar-refractivity contribution in [2.45, 2.75) is 25.4 Å². The van der Waals surface area contributed by atoms with Gasteiger partial charge in [0.05, 0.1) is 13.1 Å². The van der Waals surface area contributed by atoms with Gasteiger partial charge in [0, 0.05) is 6.04 Å². The van der Waals surface area contributed by atoms with Gasteiger partial charge in [-0.15, -0.1) is 0 Å². The molecule has 1 fully saturated rings. The number of likely N-dealkylation sites (N-methyl/N-ethyl adjacent to an activating group) is 1. The van der Waals surface area contributed by atoms with Crippen LogP contribution >= 0.6 is 0 Å². The van der Waals surface area contributed by atoms with Crippen molar-refractivity contribution in [3.63, 3.8) is 0 Å². The zero-order valence-electron chi connectivity index (χ0n) is 9.81. The van der Waals surface area contributed by atoms with Crippen LogP contribution in [0.25, 0.3) is 0 Å². The van der Waals surface area contributed by atoms with Crippen LogP contribution < -0.4 is 5.32 Å². The third-order valence-corrected chi connectivity index (χ3v) is 2.58. The fourth-order valence-corrected chi connectivity index (χ4v) is 1.61. The molecule has 1 aromatic heterocycles. The Labute approximate surface area is 99.8 Å². The normalized spacial score (nSPS) is 14.9. The topological polar surface area (TPSA) is 62.6 Å². The fraction of sp³-hybridized carbons (Fsp3) is 0.500. The number of nitrogens with zero attached hydrogens (tertiary/aromatic N) is 1. The van der Waals surface area contributed by atoms with Crippen molar-refractivity contribution in [1.82, 2.24) is 10.2 Å². The lowest BCUT2D eigenvalue weighted by atomic mass is 10.4. The van der Waals surface area contributed by atoms with Gasteiger partial charge in [-0.1, -0.05) is 0 Å². The zero-order valence-corrected chi connectivity index (χ0v) is 9.81. The number of carbonyl (C=O) groups is 2. The predicted octanol–water partition coefficient (Wildman–Crippen LogP) is 0.802. The summed E-state index contributed by atoms with van der Waals surface area (Å²) in [5, 5.41) is 2.92.